The number of aromatic nitrogens is 2. The van der Waals surface area contributed by atoms with E-state index in [9.17, 15) is 0 Å². The van der Waals surface area contributed by atoms with E-state index in [-0.39, 0.29) is 11.6 Å². The third-order valence-electron chi connectivity index (χ3n) is 5.91. The summed E-state index contributed by atoms with van der Waals surface area (Å²) in [5.41, 5.74) is 0. The van der Waals surface area contributed by atoms with Crippen molar-refractivity contribution in [3.05, 3.63) is 12.3 Å². The standard InChI is InChI=1S/C18H26N4O4/c1-6-19-16(22-9-4-18(5-10-22)25-13-14-26-18)20-15(1)21-7-2-17(3-8-21)23-11-12-24-17/h1,6H,2-5,7-14H2. The van der Waals surface area contributed by atoms with Crippen molar-refractivity contribution < 1.29 is 18.9 Å². The predicted molar refractivity (Wildman–Crippen MR) is 94.2 cm³/mol. The zero-order valence-electron chi connectivity index (χ0n) is 15.1. The molecule has 4 aliphatic rings. The Morgan fingerprint density at radius 3 is 1.77 bits per heavy atom. The molecule has 0 N–H and O–H groups in total. The topological polar surface area (TPSA) is 69.2 Å². The summed E-state index contributed by atoms with van der Waals surface area (Å²) >= 11 is 0. The Labute approximate surface area is 153 Å². The van der Waals surface area contributed by atoms with Gasteiger partial charge in [-0.1, -0.05) is 0 Å². The van der Waals surface area contributed by atoms with Gasteiger partial charge in [0.1, 0.15) is 5.82 Å². The quantitative estimate of drug-likeness (QED) is 0.776. The van der Waals surface area contributed by atoms with E-state index in [0.717, 1.165) is 63.6 Å². The summed E-state index contributed by atoms with van der Waals surface area (Å²) in [6.07, 6.45) is 5.35. The fourth-order valence-electron chi connectivity index (χ4n) is 4.36. The second-order valence-electron chi connectivity index (χ2n) is 7.40. The van der Waals surface area contributed by atoms with E-state index in [4.69, 9.17) is 23.9 Å². The molecule has 0 bridgehead atoms. The van der Waals surface area contributed by atoms with Gasteiger partial charge in [-0.25, -0.2) is 4.98 Å². The minimum Gasteiger partial charge on any atom is -0.356 e. The summed E-state index contributed by atoms with van der Waals surface area (Å²) in [6, 6.07) is 1.99. The molecule has 8 nitrogen and oxygen atoms in total. The van der Waals surface area contributed by atoms with Crippen LogP contribution in [0.3, 0.4) is 0 Å². The molecular formula is C18H26N4O4. The lowest BCUT2D eigenvalue weighted by atomic mass is 10.0. The number of anilines is 2. The number of rotatable bonds is 2. The lowest BCUT2D eigenvalue weighted by Crippen LogP contribution is -2.46. The van der Waals surface area contributed by atoms with Gasteiger partial charge < -0.3 is 28.7 Å². The van der Waals surface area contributed by atoms with Gasteiger partial charge in [-0.05, 0) is 6.07 Å². The number of hydrogen-bond donors (Lipinski definition) is 0. The summed E-state index contributed by atoms with van der Waals surface area (Å²) in [7, 11) is 0. The van der Waals surface area contributed by atoms with E-state index in [0.29, 0.717) is 26.4 Å². The van der Waals surface area contributed by atoms with E-state index in [1.54, 1.807) is 0 Å². The Balaban J connectivity index is 1.23. The first-order valence-corrected chi connectivity index (χ1v) is 9.65. The van der Waals surface area contributed by atoms with E-state index >= 15 is 0 Å². The van der Waals surface area contributed by atoms with Gasteiger partial charge in [0.25, 0.3) is 0 Å². The van der Waals surface area contributed by atoms with Gasteiger partial charge in [-0.3, -0.25) is 0 Å². The molecule has 8 heteroatoms. The third-order valence-corrected chi connectivity index (χ3v) is 5.91. The van der Waals surface area contributed by atoms with E-state index in [1.165, 1.54) is 0 Å². The van der Waals surface area contributed by atoms with Crippen LogP contribution in [0.4, 0.5) is 11.8 Å². The second-order valence-corrected chi connectivity index (χ2v) is 7.40. The molecule has 5 heterocycles. The van der Waals surface area contributed by atoms with E-state index in [1.807, 2.05) is 12.3 Å². The SMILES string of the molecule is c1cc(N2CCC3(CC2)OCCO3)nc(N2CCC3(CC2)OCCO3)n1. The highest BCUT2D eigenvalue weighted by Crippen LogP contribution is 2.34. The van der Waals surface area contributed by atoms with Crippen molar-refractivity contribution in [2.75, 3.05) is 62.4 Å². The van der Waals surface area contributed by atoms with Crippen molar-refractivity contribution in [2.45, 2.75) is 37.3 Å². The van der Waals surface area contributed by atoms with Crippen molar-refractivity contribution in [1.82, 2.24) is 9.97 Å². The first-order valence-electron chi connectivity index (χ1n) is 9.65. The molecule has 5 rings (SSSR count). The first-order chi connectivity index (χ1) is 12.8. The van der Waals surface area contributed by atoms with Crippen molar-refractivity contribution in [2.24, 2.45) is 0 Å². The number of ether oxygens (including phenoxy) is 4. The highest BCUT2D eigenvalue weighted by molar-refractivity contribution is 5.44. The molecule has 2 spiro atoms. The molecule has 4 aliphatic heterocycles. The van der Waals surface area contributed by atoms with Gasteiger partial charge in [0, 0.05) is 58.1 Å². The summed E-state index contributed by atoms with van der Waals surface area (Å²) in [6.45, 7) is 6.32. The maximum Gasteiger partial charge on any atom is 0.227 e. The Kier molecular flexibility index (Phi) is 4.23. The van der Waals surface area contributed by atoms with Crippen LogP contribution >= 0.6 is 0 Å². The Morgan fingerprint density at radius 1 is 0.731 bits per heavy atom. The van der Waals surface area contributed by atoms with E-state index in [2.05, 4.69) is 14.8 Å². The van der Waals surface area contributed by atoms with Crippen LogP contribution in [0.25, 0.3) is 0 Å². The average molecular weight is 362 g/mol. The molecule has 0 saturated carbocycles. The molecule has 0 radical (unpaired) electrons. The molecular weight excluding hydrogens is 336 g/mol. The lowest BCUT2D eigenvalue weighted by Gasteiger charge is -2.39. The fraction of sp³-hybridized carbons (Fsp3) is 0.778. The Morgan fingerprint density at radius 2 is 1.23 bits per heavy atom. The van der Waals surface area contributed by atoms with Gasteiger partial charge in [0.2, 0.25) is 5.95 Å². The van der Waals surface area contributed by atoms with Crippen LogP contribution in [0.15, 0.2) is 12.3 Å². The molecule has 4 fully saturated rings. The van der Waals surface area contributed by atoms with Crippen LogP contribution in [0.1, 0.15) is 25.7 Å². The van der Waals surface area contributed by atoms with Gasteiger partial charge >= 0.3 is 0 Å². The van der Waals surface area contributed by atoms with Crippen LogP contribution in [0.2, 0.25) is 0 Å². The number of nitrogens with zero attached hydrogens (tertiary/aromatic N) is 4. The highest BCUT2D eigenvalue weighted by atomic mass is 16.7. The normalized spacial score (nSPS) is 27.5. The Hall–Kier alpha value is -1.48. The van der Waals surface area contributed by atoms with Crippen LogP contribution in [-0.2, 0) is 18.9 Å². The van der Waals surface area contributed by atoms with Gasteiger partial charge in [-0.2, -0.15) is 4.98 Å². The highest BCUT2D eigenvalue weighted by Gasteiger charge is 2.41. The molecule has 0 amide bonds. The minimum atomic E-state index is -0.365. The number of hydrogen-bond acceptors (Lipinski definition) is 8. The van der Waals surface area contributed by atoms with E-state index < -0.39 is 0 Å². The summed E-state index contributed by atoms with van der Waals surface area (Å²) in [5, 5.41) is 0. The molecule has 0 aromatic carbocycles. The maximum atomic E-state index is 5.82. The smallest absolute Gasteiger partial charge is 0.227 e. The predicted octanol–water partition coefficient (Wildman–Crippen LogP) is 1.16. The minimum absolute atomic E-state index is 0.352. The maximum absolute atomic E-state index is 5.82. The van der Waals surface area contributed by atoms with Crippen LogP contribution < -0.4 is 9.80 Å². The molecule has 0 unspecified atom stereocenters. The molecule has 0 atom stereocenters. The molecule has 4 saturated heterocycles. The molecule has 0 aliphatic carbocycles. The number of piperidine rings is 2. The largest absolute Gasteiger partial charge is 0.356 e. The lowest BCUT2D eigenvalue weighted by molar-refractivity contribution is -0.169. The second kappa shape index (κ2) is 6.60. The van der Waals surface area contributed by atoms with Crippen LogP contribution in [0.5, 0.6) is 0 Å². The van der Waals surface area contributed by atoms with Crippen LogP contribution in [-0.4, -0.2) is 74.1 Å². The average Bonchev–Trinajstić information content (AvgIpc) is 3.34. The van der Waals surface area contributed by atoms with Crippen molar-refractivity contribution in [3.63, 3.8) is 0 Å². The Bertz CT molecular complexity index is 575. The fourth-order valence-corrected chi connectivity index (χ4v) is 4.36. The third kappa shape index (κ3) is 3.05. The summed E-state index contributed by atoms with van der Waals surface area (Å²) in [5.74, 6) is 1.06. The zero-order chi connectivity index (χ0) is 17.5. The van der Waals surface area contributed by atoms with Crippen LogP contribution in [0, 0.1) is 0 Å². The molecule has 26 heavy (non-hydrogen) atoms. The molecule has 1 aromatic heterocycles. The van der Waals surface area contributed by atoms with Gasteiger partial charge in [0.15, 0.2) is 11.6 Å². The van der Waals surface area contributed by atoms with Crippen molar-refractivity contribution in [1.29, 1.82) is 0 Å². The monoisotopic (exact) mass is 362 g/mol. The molecule has 1 aromatic rings. The zero-order valence-corrected chi connectivity index (χ0v) is 15.1. The van der Waals surface area contributed by atoms with Gasteiger partial charge in [0.05, 0.1) is 26.4 Å². The van der Waals surface area contributed by atoms with Crippen molar-refractivity contribution in [3.8, 4) is 0 Å². The van der Waals surface area contributed by atoms with Crippen molar-refractivity contribution >= 4 is 11.8 Å². The van der Waals surface area contributed by atoms with Gasteiger partial charge in [-0.15, -0.1) is 0 Å². The molecule has 142 valence electrons. The summed E-state index contributed by atoms with van der Waals surface area (Å²) in [4.78, 5) is 13.9. The first kappa shape index (κ1) is 16.7. The summed E-state index contributed by atoms with van der Waals surface area (Å²) < 4.78 is 23.3.